The number of carbonyl (C=O) groups is 1. The first kappa shape index (κ1) is 12.7. The number of aromatic carboxylic acids is 1. The molecule has 0 spiro atoms. The third kappa shape index (κ3) is 3.15. The number of hydrogen-bond acceptors (Lipinski definition) is 4. The molecule has 0 saturated heterocycles. The monoisotopic (exact) mass is 262 g/mol. The fourth-order valence-electron chi connectivity index (χ4n) is 1.61. The molecular formula is C13H14N2O2S. The normalized spacial score (nSPS) is 12.3. The second-order valence-corrected chi connectivity index (χ2v) is 4.99. The van der Waals surface area contributed by atoms with Crippen LogP contribution in [0.3, 0.4) is 0 Å². The van der Waals surface area contributed by atoms with Gasteiger partial charge in [-0.15, -0.1) is 11.3 Å². The van der Waals surface area contributed by atoms with Gasteiger partial charge >= 0.3 is 5.97 Å². The third-order valence-corrected chi connectivity index (χ3v) is 3.63. The minimum atomic E-state index is -0.875. The Bertz CT molecular complexity index is 525. The molecule has 0 bridgehead atoms. The number of rotatable bonds is 5. The van der Waals surface area contributed by atoms with Crippen molar-refractivity contribution in [3.05, 3.63) is 52.0 Å². The molecule has 1 atom stereocenters. The zero-order valence-electron chi connectivity index (χ0n) is 9.96. The highest BCUT2D eigenvalue weighted by molar-refractivity contribution is 7.10. The van der Waals surface area contributed by atoms with E-state index in [0.29, 0.717) is 12.1 Å². The van der Waals surface area contributed by atoms with Gasteiger partial charge in [-0.2, -0.15) is 0 Å². The summed E-state index contributed by atoms with van der Waals surface area (Å²) in [5, 5.41) is 13.9. The third-order valence-electron chi connectivity index (χ3n) is 2.69. The lowest BCUT2D eigenvalue weighted by Crippen LogP contribution is -2.17. The summed E-state index contributed by atoms with van der Waals surface area (Å²) in [6, 6.07) is 5.85. The second-order valence-electron chi connectivity index (χ2n) is 3.99. The molecule has 18 heavy (non-hydrogen) atoms. The van der Waals surface area contributed by atoms with Crippen LogP contribution in [0.15, 0.2) is 36.0 Å². The molecule has 0 radical (unpaired) electrons. The largest absolute Gasteiger partial charge is 0.478 e. The SMILES string of the molecule is CC(NCc1cc(C(=O)O)cs1)c1ccncc1. The molecule has 2 heterocycles. The Morgan fingerprint density at radius 3 is 2.83 bits per heavy atom. The maximum atomic E-state index is 10.8. The van der Waals surface area contributed by atoms with Gasteiger partial charge in [-0.1, -0.05) is 0 Å². The van der Waals surface area contributed by atoms with Gasteiger partial charge in [0.05, 0.1) is 5.56 Å². The lowest BCUT2D eigenvalue weighted by atomic mass is 10.1. The van der Waals surface area contributed by atoms with Gasteiger partial charge in [-0.25, -0.2) is 4.79 Å². The van der Waals surface area contributed by atoms with Gasteiger partial charge in [0.1, 0.15) is 0 Å². The van der Waals surface area contributed by atoms with Crippen molar-refractivity contribution in [3.8, 4) is 0 Å². The van der Waals surface area contributed by atoms with Crippen molar-refractivity contribution in [1.82, 2.24) is 10.3 Å². The maximum Gasteiger partial charge on any atom is 0.336 e. The molecule has 0 aromatic carbocycles. The van der Waals surface area contributed by atoms with Crippen molar-refractivity contribution in [2.75, 3.05) is 0 Å². The number of nitrogens with one attached hydrogen (secondary N) is 1. The van der Waals surface area contributed by atoms with Gasteiger partial charge in [-0.3, -0.25) is 4.98 Å². The first-order chi connectivity index (χ1) is 8.66. The summed E-state index contributed by atoms with van der Waals surface area (Å²) in [6.07, 6.45) is 3.53. The Balaban J connectivity index is 1.93. The van der Waals surface area contributed by atoms with E-state index >= 15 is 0 Å². The molecule has 0 aliphatic carbocycles. The predicted molar refractivity (Wildman–Crippen MR) is 70.8 cm³/mol. The molecule has 1 unspecified atom stereocenters. The van der Waals surface area contributed by atoms with Crippen LogP contribution in [-0.2, 0) is 6.54 Å². The smallest absolute Gasteiger partial charge is 0.336 e. The molecule has 2 aromatic heterocycles. The van der Waals surface area contributed by atoms with Crippen molar-refractivity contribution >= 4 is 17.3 Å². The Labute approximate surface area is 109 Å². The highest BCUT2D eigenvalue weighted by atomic mass is 32.1. The number of nitrogens with zero attached hydrogens (tertiary/aromatic N) is 1. The zero-order valence-corrected chi connectivity index (χ0v) is 10.8. The van der Waals surface area contributed by atoms with Crippen molar-refractivity contribution in [2.45, 2.75) is 19.5 Å². The van der Waals surface area contributed by atoms with Crippen LogP contribution in [0.25, 0.3) is 0 Å². The average molecular weight is 262 g/mol. The highest BCUT2D eigenvalue weighted by Crippen LogP contribution is 2.17. The van der Waals surface area contributed by atoms with Crippen LogP contribution in [0.4, 0.5) is 0 Å². The van der Waals surface area contributed by atoms with Gasteiger partial charge < -0.3 is 10.4 Å². The molecule has 2 aromatic rings. The topological polar surface area (TPSA) is 62.2 Å². The Kier molecular flexibility index (Phi) is 4.07. The molecule has 0 aliphatic heterocycles. The number of pyridine rings is 1. The molecule has 2 rings (SSSR count). The minimum Gasteiger partial charge on any atom is -0.478 e. The van der Waals surface area contributed by atoms with Crippen LogP contribution in [0.2, 0.25) is 0 Å². The Morgan fingerprint density at radius 2 is 2.22 bits per heavy atom. The molecule has 4 nitrogen and oxygen atoms in total. The van der Waals surface area contributed by atoms with Gasteiger partial charge in [0.25, 0.3) is 0 Å². The van der Waals surface area contributed by atoms with Crippen LogP contribution >= 0.6 is 11.3 Å². The van der Waals surface area contributed by atoms with Gasteiger partial charge in [-0.05, 0) is 30.7 Å². The van der Waals surface area contributed by atoms with E-state index in [-0.39, 0.29) is 6.04 Å². The molecule has 0 amide bonds. The summed E-state index contributed by atoms with van der Waals surface area (Å²) >= 11 is 1.46. The van der Waals surface area contributed by atoms with Crippen molar-refractivity contribution in [2.24, 2.45) is 0 Å². The molecule has 2 N–H and O–H groups in total. The second kappa shape index (κ2) is 5.75. The van der Waals surface area contributed by atoms with Gasteiger partial charge in [0.15, 0.2) is 0 Å². The number of hydrogen-bond donors (Lipinski definition) is 2. The molecule has 0 saturated carbocycles. The van der Waals surface area contributed by atoms with Gasteiger partial charge in [0.2, 0.25) is 0 Å². The average Bonchev–Trinajstić information content (AvgIpc) is 2.86. The van der Waals surface area contributed by atoms with Crippen molar-refractivity contribution in [1.29, 1.82) is 0 Å². The first-order valence-electron chi connectivity index (χ1n) is 5.61. The van der Waals surface area contributed by atoms with Crippen molar-refractivity contribution in [3.63, 3.8) is 0 Å². The van der Waals surface area contributed by atoms with E-state index in [1.807, 2.05) is 12.1 Å². The summed E-state index contributed by atoms with van der Waals surface area (Å²) in [5.41, 5.74) is 1.52. The molecule has 94 valence electrons. The first-order valence-corrected chi connectivity index (χ1v) is 6.49. The maximum absolute atomic E-state index is 10.8. The van der Waals surface area contributed by atoms with Crippen LogP contribution < -0.4 is 5.32 Å². The number of carboxylic acid groups (broad SMARTS) is 1. The number of aromatic nitrogens is 1. The van der Waals surface area contributed by atoms with E-state index < -0.39 is 5.97 Å². The molecule has 0 aliphatic rings. The Morgan fingerprint density at radius 1 is 1.50 bits per heavy atom. The summed E-state index contributed by atoms with van der Waals surface area (Å²) < 4.78 is 0. The summed E-state index contributed by atoms with van der Waals surface area (Å²) in [4.78, 5) is 15.8. The molecular weight excluding hydrogens is 248 g/mol. The van der Waals surface area contributed by atoms with E-state index in [0.717, 1.165) is 4.88 Å². The van der Waals surface area contributed by atoms with Crippen LogP contribution in [0, 0.1) is 0 Å². The Hall–Kier alpha value is -1.72. The summed E-state index contributed by atoms with van der Waals surface area (Å²) in [5.74, 6) is -0.875. The van der Waals surface area contributed by atoms with E-state index in [4.69, 9.17) is 5.11 Å². The van der Waals surface area contributed by atoms with E-state index in [2.05, 4.69) is 17.2 Å². The summed E-state index contributed by atoms with van der Waals surface area (Å²) in [6.45, 7) is 2.74. The fraction of sp³-hybridized carbons (Fsp3) is 0.231. The lowest BCUT2D eigenvalue weighted by Gasteiger charge is -2.12. The minimum absolute atomic E-state index is 0.211. The van der Waals surface area contributed by atoms with E-state index in [9.17, 15) is 4.79 Å². The highest BCUT2D eigenvalue weighted by Gasteiger charge is 2.08. The lowest BCUT2D eigenvalue weighted by molar-refractivity contribution is 0.0697. The van der Waals surface area contributed by atoms with E-state index in [1.54, 1.807) is 23.8 Å². The van der Waals surface area contributed by atoms with Crippen LogP contribution in [-0.4, -0.2) is 16.1 Å². The zero-order chi connectivity index (χ0) is 13.0. The molecule has 5 heteroatoms. The standard InChI is InChI=1S/C13H14N2O2S/c1-9(10-2-4-14-5-3-10)15-7-12-6-11(8-18-12)13(16)17/h2-6,8-9,15H,7H2,1H3,(H,16,17). The fourth-order valence-corrected chi connectivity index (χ4v) is 2.42. The predicted octanol–water partition coefficient (Wildman–Crippen LogP) is 2.69. The number of thiophene rings is 1. The van der Waals surface area contributed by atoms with Gasteiger partial charge in [0, 0.05) is 35.2 Å². The quantitative estimate of drug-likeness (QED) is 0.869. The van der Waals surface area contributed by atoms with Crippen LogP contribution in [0.1, 0.15) is 33.8 Å². The van der Waals surface area contributed by atoms with E-state index in [1.165, 1.54) is 16.9 Å². The van der Waals surface area contributed by atoms with Crippen LogP contribution in [0.5, 0.6) is 0 Å². The molecule has 0 fully saturated rings. The van der Waals surface area contributed by atoms with Crippen molar-refractivity contribution < 1.29 is 9.90 Å². The number of carboxylic acids is 1. The summed E-state index contributed by atoms with van der Waals surface area (Å²) in [7, 11) is 0.